The molecule has 5 rings (SSSR count). The number of rotatable bonds is 7. The second-order valence-corrected chi connectivity index (χ2v) is 10.4. The molecule has 8 nitrogen and oxygen atoms in total. The molecule has 3 amide bonds. The zero-order valence-corrected chi connectivity index (χ0v) is 22.2. The fourth-order valence-corrected chi connectivity index (χ4v) is 5.38. The lowest BCUT2D eigenvalue weighted by Crippen LogP contribution is -2.50. The number of aliphatic hydroxyl groups is 1. The highest BCUT2D eigenvalue weighted by Crippen LogP contribution is 2.30. The van der Waals surface area contributed by atoms with Crippen molar-refractivity contribution < 1.29 is 19.5 Å². The van der Waals surface area contributed by atoms with Crippen molar-refractivity contribution in [1.29, 1.82) is 0 Å². The number of para-hydroxylation sites is 1. The summed E-state index contributed by atoms with van der Waals surface area (Å²) in [5.74, 6) is -1.54. The van der Waals surface area contributed by atoms with Gasteiger partial charge in [0.15, 0.2) is 0 Å². The Morgan fingerprint density at radius 3 is 2.47 bits per heavy atom. The van der Waals surface area contributed by atoms with Gasteiger partial charge in [-0.2, -0.15) is 0 Å². The molecule has 0 saturated carbocycles. The summed E-state index contributed by atoms with van der Waals surface area (Å²) >= 11 is 11.3. The van der Waals surface area contributed by atoms with Gasteiger partial charge in [-0.1, -0.05) is 54.2 Å². The van der Waals surface area contributed by atoms with Crippen LogP contribution in [0.15, 0.2) is 71.3 Å². The first-order valence-corrected chi connectivity index (χ1v) is 13.2. The first-order chi connectivity index (χ1) is 18.3. The van der Waals surface area contributed by atoms with Gasteiger partial charge >= 0.3 is 0 Å². The van der Waals surface area contributed by atoms with Crippen LogP contribution in [0.2, 0.25) is 0 Å². The van der Waals surface area contributed by atoms with E-state index in [-0.39, 0.29) is 28.9 Å². The van der Waals surface area contributed by atoms with E-state index in [1.165, 1.54) is 11.8 Å². The van der Waals surface area contributed by atoms with Gasteiger partial charge < -0.3 is 15.3 Å². The molecular formula is C28H27ClN4O4S. The van der Waals surface area contributed by atoms with Gasteiger partial charge in [-0.3, -0.25) is 24.2 Å². The highest BCUT2D eigenvalue weighted by molar-refractivity contribution is 7.81. The highest BCUT2D eigenvalue weighted by Gasteiger charge is 2.39. The molecule has 1 aliphatic carbocycles. The fourth-order valence-electron chi connectivity index (χ4n) is 4.96. The summed E-state index contributed by atoms with van der Waals surface area (Å²) in [5.41, 5.74) is 1.94. The number of nitrogens with one attached hydrogen (secondary N) is 1. The normalized spacial score (nSPS) is 18.7. The van der Waals surface area contributed by atoms with E-state index in [9.17, 15) is 19.5 Å². The molecule has 2 aromatic rings. The fraction of sp³-hybridized carbons (Fsp3) is 0.286. The van der Waals surface area contributed by atoms with Crippen LogP contribution >= 0.6 is 23.8 Å². The van der Waals surface area contributed by atoms with Crippen LogP contribution in [0.4, 0.5) is 11.4 Å². The summed E-state index contributed by atoms with van der Waals surface area (Å²) in [6, 6.07) is 14.9. The maximum Gasteiger partial charge on any atom is 0.263 e. The van der Waals surface area contributed by atoms with Crippen LogP contribution in [0.3, 0.4) is 0 Å². The minimum atomic E-state index is -0.905. The largest absolute Gasteiger partial charge is 0.390 e. The van der Waals surface area contributed by atoms with Gasteiger partial charge in [-0.05, 0) is 30.3 Å². The van der Waals surface area contributed by atoms with Crippen molar-refractivity contribution in [3.8, 4) is 0 Å². The lowest BCUT2D eigenvalue weighted by atomic mass is 10.0. The number of nitrogens with zero attached hydrogens (tertiary/aromatic N) is 3. The molecule has 38 heavy (non-hydrogen) atoms. The lowest BCUT2D eigenvalue weighted by molar-refractivity contribution is -0.112. The van der Waals surface area contributed by atoms with Crippen LogP contribution in [0, 0.1) is 0 Å². The number of carbonyl (C=O) groups excluding carboxylic acids is 3. The second kappa shape index (κ2) is 11.2. The first kappa shape index (κ1) is 26.2. The molecule has 1 fully saturated rings. The van der Waals surface area contributed by atoms with E-state index >= 15 is 0 Å². The van der Waals surface area contributed by atoms with E-state index in [1.54, 1.807) is 24.3 Å². The molecule has 0 spiro atoms. The zero-order chi connectivity index (χ0) is 26.8. The topological polar surface area (TPSA) is 93.2 Å². The SMILES string of the molecule is O=C(Nc1cccc2c1C(=O)N(CC(O)CN1CCN(c3ccccc3)CC1)C2=O)C1=CC(Cl)=CCC1=S. The number of hydrogen-bond acceptors (Lipinski definition) is 7. The van der Waals surface area contributed by atoms with Crippen molar-refractivity contribution in [2.75, 3.05) is 49.5 Å². The Labute approximate surface area is 231 Å². The third-order valence-corrected chi connectivity index (χ3v) is 7.56. The Bertz CT molecular complexity index is 1350. The monoisotopic (exact) mass is 550 g/mol. The number of fused-ring (bicyclic) bond motifs is 1. The molecule has 3 aliphatic rings. The molecule has 1 unspecified atom stereocenters. The average molecular weight is 551 g/mol. The summed E-state index contributed by atoms with van der Waals surface area (Å²) in [4.78, 5) is 45.2. The molecule has 2 aromatic carbocycles. The molecule has 196 valence electrons. The van der Waals surface area contributed by atoms with Crippen molar-refractivity contribution in [3.05, 3.63) is 82.4 Å². The van der Waals surface area contributed by atoms with Crippen LogP contribution in [-0.2, 0) is 4.79 Å². The first-order valence-electron chi connectivity index (χ1n) is 12.4. The molecular weight excluding hydrogens is 524 g/mol. The van der Waals surface area contributed by atoms with Gasteiger partial charge in [0, 0.05) is 54.7 Å². The number of carbonyl (C=O) groups is 3. The van der Waals surface area contributed by atoms with E-state index in [4.69, 9.17) is 23.8 Å². The van der Waals surface area contributed by atoms with Gasteiger partial charge in [-0.25, -0.2) is 0 Å². The Kier molecular flexibility index (Phi) is 7.71. The van der Waals surface area contributed by atoms with Gasteiger partial charge in [0.25, 0.3) is 17.7 Å². The molecule has 2 heterocycles. The van der Waals surface area contributed by atoms with Crippen molar-refractivity contribution in [1.82, 2.24) is 9.80 Å². The van der Waals surface area contributed by atoms with Crippen LogP contribution in [0.1, 0.15) is 27.1 Å². The van der Waals surface area contributed by atoms with E-state index in [0.29, 0.717) is 22.9 Å². The number of thiocarbonyl (C=S) groups is 1. The smallest absolute Gasteiger partial charge is 0.263 e. The number of piperazine rings is 1. The van der Waals surface area contributed by atoms with E-state index in [0.717, 1.165) is 31.1 Å². The number of anilines is 2. The minimum absolute atomic E-state index is 0.110. The summed E-state index contributed by atoms with van der Waals surface area (Å²) in [5, 5.41) is 13.9. The van der Waals surface area contributed by atoms with Crippen LogP contribution in [0.5, 0.6) is 0 Å². The van der Waals surface area contributed by atoms with E-state index in [2.05, 4.69) is 27.2 Å². The van der Waals surface area contributed by atoms with Crippen molar-refractivity contribution in [2.45, 2.75) is 12.5 Å². The molecule has 2 aliphatic heterocycles. The van der Waals surface area contributed by atoms with Crippen molar-refractivity contribution >= 4 is 57.8 Å². The Morgan fingerprint density at radius 2 is 1.74 bits per heavy atom. The third-order valence-electron chi connectivity index (χ3n) is 6.91. The van der Waals surface area contributed by atoms with Crippen molar-refractivity contribution in [2.24, 2.45) is 0 Å². The Balaban J connectivity index is 1.22. The number of aliphatic hydroxyl groups excluding tert-OH is 1. The molecule has 0 aromatic heterocycles. The zero-order valence-electron chi connectivity index (χ0n) is 20.6. The predicted octanol–water partition coefficient (Wildman–Crippen LogP) is 3.23. The molecule has 10 heteroatoms. The van der Waals surface area contributed by atoms with Crippen LogP contribution < -0.4 is 10.2 Å². The van der Waals surface area contributed by atoms with E-state index < -0.39 is 23.8 Å². The number of β-amino-alcohol motifs (C(OH)–C–C–N with tert-alkyl or cyclic N) is 1. The van der Waals surface area contributed by atoms with Crippen LogP contribution in [-0.4, -0.2) is 82.9 Å². The third kappa shape index (κ3) is 5.42. The summed E-state index contributed by atoms with van der Waals surface area (Å²) in [6.45, 7) is 3.40. The maximum absolute atomic E-state index is 13.3. The quantitative estimate of drug-likeness (QED) is 0.404. The van der Waals surface area contributed by atoms with Gasteiger partial charge in [0.2, 0.25) is 0 Å². The number of allylic oxidation sites excluding steroid dienone is 3. The number of benzene rings is 2. The highest BCUT2D eigenvalue weighted by atomic mass is 35.5. The lowest BCUT2D eigenvalue weighted by Gasteiger charge is -2.37. The minimum Gasteiger partial charge on any atom is -0.390 e. The van der Waals surface area contributed by atoms with Gasteiger partial charge in [0.05, 0.1) is 35.0 Å². The second-order valence-electron chi connectivity index (χ2n) is 9.45. The number of hydrogen-bond donors (Lipinski definition) is 2. The van der Waals surface area contributed by atoms with E-state index in [1.807, 2.05) is 18.2 Å². The summed E-state index contributed by atoms with van der Waals surface area (Å²) < 4.78 is 0. The van der Waals surface area contributed by atoms with Crippen molar-refractivity contribution in [3.63, 3.8) is 0 Å². The maximum atomic E-state index is 13.3. The number of amides is 3. The Morgan fingerprint density at radius 1 is 1.00 bits per heavy atom. The van der Waals surface area contributed by atoms with Gasteiger partial charge in [0.1, 0.15) is 0 Å². The average Bonchev–Trinajstić information content (AvgIpc) is 3.16. The number of imide groups is 1. The predicted molar refractivity (Wildman–Crippen MR) is 151 cm³/mol. The standard InChI is InChI=1S/C28H27ClN4O4S/c29-18-9-10-24(38)22(15-18)26(35)30-23-8-4-7-21-25(23)28(37)33(27(21)36)17-20(34)16-31-11-13-32(14-12-31)19-5-2-1-3-6-19/h1-9,15,20,34H,10-14,16-17H2,(H,30,35). The molecule has 0 radical (unpaired) electrons. The number of halogens is 1. The molecule has 1 saturated heterocycles. The molecule has 0 bridgehead atoms. The molecule has 1 atom stereocenters. The summed E-state index contributed by atoms with van der Waals surface area (Å²) in [7, 11) is 0. The molecule has 2 N–H and O–H groups in total. The summed E-state index contributed by atoms with van der Waals surface area (Å²) in [6.07, 6.45) is 2.68. The van der Waals surface area contributed by atoms with Crippen LogP contribution in [0.25, 0.3) is 0 Å². The Hall–Kier alpha value is -3.37. The van der Waals surface area contributed by atoms with Gasteiger partial charge in [-0.15, -0.1) is 0 Å².